The Morgan fingerprint density at radius 1 is 1.56 bits per heavy atom. The molecule has 0 saturated heterocycles. The second-order valence-electron chi connectivity index (χ2n) is 3.34. The summed E-state index contributed by atoms with van der Waals surface area (Å²) in [5.41, 5.74) is 1.89. The van der Waals surface area contributed by atoms with Gasteiger partial charge in [0.1, 0.15) is 0 Å². The van der Waals surface area contributed by atoms with Crippen molar-refractivity contribution in [2.75, 3.05) is 18.7 Å². The minimum atomic E-state index is -0.405. The van der Waals surface area contributed by atoms with E-state index in [1.54, 1.807) is 12.1 Å². The Bertz CT molecular complexity index is 471. The maximum atomic E-state index is 11.4. The minimum Gasteiger partial charge on any atom is -0.465 e. The lowest BCUT2D eigenvalue weighted by atomic mass is 10.1. The number of esters is 1. The molecule has 0 aliphatic carbocycles. The second kappa shape index (κ2) is 4.27. The first kappa shape index (κ1) is 11.2. The number of fused-ring (bicyclic) bond motifs is 1. The van der Waals surface area contributed by atoms with E-state index in [4.69, 9.17) is 0 Å². The smallest absolute Gasteiger partial charge is 0.339 e. The average Bonchev–Trinajstić information content (AvgIpc) is 2.30. The molecule has 4 nitrogen and oxygen atoms in total. The normalized spacial score (nSPS) is 13.6. The summed E-state index contributed by atoms with van der Waals surface area (Å²) in [5, 5.41) is 10.7. The predicted molar refractivity (Wildman–Crippen MR) is 63.6 cm³/mol. The van der Waals surface area contributed by atoms with E-state index in [0.29, 0.717) is 22.3 Å². The fourth-order valence-electron chi connectivity index (χ4n) is 1.60. The number of nitrogens with zero attached hydrogens (tertiary/aromatic N) is 1. The number of rotatable bonds is 1. The molecule has 0 radical (unpaired) electrons. The summed E-state index contributed by atoms with van der Waals surface area (Å²) in [6.45, 7) is 0.441. The van der Waals surface area contributed by atoms with Crippen LogP contribution in [0.3, 0.4) is 0 Å². The molecule has 84 valence electrons. The van der Waals surface area contributed by atoms with Gasteiger partial charge < -0.3 is 4.74 Å². The predicted octanol–water partition coefficient (Wildman–Crippen LogP) is 2.46. The van der Waals surface area contributed by atoms with Gasteiger partial charge in [0.2, 0.25) is 0 Å². The number of methoxy groups -OCH3 is 1. The van der Waals surface area contributed by atoms with Crippen molar-refractivity contribution in [3.8, 4) is 0 Å². The molecule has 2 rings (SSSR count). The van der Waals surface area contributed by atoms with Crippen LogP contribution in [0, 0.1) is 0 Å². The van der Waals surface area contributed by atoms with Crippen LogP contribution in [0.4, 0.5) is 5.69 Å². The Balaban J connectivity index is 2.57. The van der Waals surface area contributed by atoms with Gasteiger partial charge in [-0.05, 0) is 28.1 Å². The number of carbonyl (C=O) groups excluding carboxylic acids is 1. The highest BCUT2D eigenvalue weighted by Crippen LogP contribution is 2.34. The molecule has 1 heterocycles. The van der Waals surface area contributed by atoms with Crippen molar-refractivity contribution >= 4 is 33.7 Å². The van der Waals surface area contributed by atoms with Crippen molar-refractivity contribution in [2.24, 2.45) is 0 Å². The molecule has 16 heavy (non-hydrogen) atoms. The highest BCUT2D eigenvalue weighted by molar-refractivity contribution is 9.10. The van der Waals surface area contributed by atoms with E-state index in [2.05, 4.69) is 20.7 Å². The van der Waals surface area contributed by atoms with Gasteiger partial charge in [-0.1, -0.05) is 12.2 Å². The molecule has 0 saturated carbocycles. The van der Waals surface area contributed by atoms with E-state index in [1.165, 1.54) is 7.11 Å². The number of carbonyl (C=O) groups is 1. The maximum Gasteiger partial charge on any atom is 0.339 e. The largest absolute Gasteiger partial charge is 0.465 e. The molecule has 0 atom stereocenters. The Morgan fingerprint density at radius 3 is 3.00 bits per heavy atom. The SMILES string of the molecule is COC(=O)c1ccc2c(c1Br)C=CCN2O. The van der Waals surface area contributed by atoms with Crippen molar-refractivity contribution < 1.29 is 14.7 Å². The summed E-state index contributed by atoms with van der Waals surface area (Å²) in [7, 11) is 1.34. The maximum absolute atomic E-state index is 11.4. The molecule has 0 unspecified atom stereocenters. The van der Waals surface area contributed by atoms with Crippen LogP contribution in [0.15, 0.2) is 22.7 Å². The zero-order valence-corrected chi connectivity index (χ0v) is 10.2. The number of ether oxygens (including phenoxy) is 1. The van der Waals surface area contributed by atoms with Gasteiger partial charge in [0.25, 0.3) is 0 Å². The van der Waals surface area contributed by atoms with Crippen LogP contribution in [-0.2, 0) is 4.74 Å². The number of anilines is 1. The number of benzene rings is 1. The summed E-state index contributed by atoms with van der Waals surface area (Å²) in [4.78, 5) is 11.4. The fraction of sp³-hybridized carbons (Fsp3) is 0.182. The van der Waals surface area contributed by atoms with Gasteiger partial charge in [-0.2, -0.15) is 0 Å². The summed E-state index contributed by atoms with van der Waals surface area (Å²) in [6.07, 6.45) is 3.67. The van der Waals surface area contributed by atoms with E-state index in [-0.39, 0.29) is 0 Å². The van der Waals surface area contributed by atoms with Crippen molar-refractivity contribution in [3.63, 3.8) is 0 Å². The van der Waals surface area contributed by atoms with Gasteiger partial charge in [-0.15, -0.1) is 0 Å². The fourth-order valence-corrected chi connectivity index (χ4v) is 2.23. The third-order valence-electron chi connectivity index (χ3n) is 2.40. The molecular weight excluding hydrogens is 274 g/mol. The lowest BCUT2D eigenvalue weighted by Gasteiger charge is -2.22. The monoisotopic (exact) mass is 283 g/mol. The third-order valence-corrected chi connectivity index (χ3v) is 3.26. The molecule has 1 aliphatic rings. The van der Waals surface area contributed by atoms with Gasteiger partial charge in [0.15, 0.2) is 0 Å². The molecule has 1 aromatic carbocycles. The van der Waals surface area contributed by atoms with Crippen LogP contribution in [0.1, 0.15) is 15.9 Å². The zero-order chi connectivity index (χ0) is 11.7. The Morgan fingerprint density at radius 2 is 2.31 bits per heavy atom. The average molecular weight is 284 g/mol. The molecule has 1 aromatic rings. The van der Waals surface area contributed by atoms with Gasteiger partial charge >= 0.3 is 5.97 Å². The summed E-state index contributed by atoms with van der Waals surface area (Å²) in [6, 6.07) is 3.31. The van der Waals surface area contributed by atoms with Gasteiger partial charge in [0.05, 0.1) is 24.9 Å². The first-order valence-electron chi connectivity index (χ1n) is 4.69. The van der Waals surface area contributed by atoms with E-state index >= 15 is 0 Å². The number of hydrogen-bond acceptors (Lipinski definition) is 4. The number of hydroxylamine groups is 1. The van der Waals surface area contributed by atoms with E-state index in [0.717, 1.165) is 10.6 Å². The Hall–Kier alpha value is -1.33. The highest BCUT2D eigenvalue weighted by atomic mass is 79.9. The standard InChI is InChI=1S/C11H10BrNO3/c1-16-11(14)8-4-5-9-7(10(8)12)3-2-6-13(9)15/h2-5,15H,6H2,1H3. The number of hydrogen-bond donors (Lipinski definition) is 1. The molecule has 1 aliphatic heterocycles. The summed E-state index contributed by atoms with van der Waals surface area (Å²) >= 11 is 3.35. The highest BCUT2D eigenvalue weighted by Gasteiger charge is 2.19. The van der Waals surface area contributed by atoms with Crippen molar-refractivity contribution in [1.82, 2.24) is 0 Å². The molecule has 0 aromatic heterocycles. The van der Waals surface area contributed by atoms with Gasteiger partial charge in [-0.3, -0.25) is 10.3 Å². The van der Waals surface area contributed by atoms with Crippen LogP contribution in [0.5, 0.6) is 0 Å². The van der Waals surface area contributed by atoms with Crippen LogP contribution in [-0.4, -0.2) is 24.8 Å². The molecule has 5 heteroatoms. The van der Waals surface area contributed by atoms with Crippen molar-refractivity contribution in [1.29, 1.82) is 0 Å². The van der Waals surface area contributed by atoms with Crippen LogP contribution in [0.2, 0.25) is 0 Å². The van der Waals surface area contributed by atoms with Crippen LogP contribution in [0.25, 0.3) is 6.08 Å². The topological polar surface area (TPSA) is 49.8 Å². The van der Waals surface area contributed by atoms with E-state index in [9.17, 15) is 10.0 Å². The van der Waals surface area contributed by atoms with E-state index in [1.807, 2.05) is 12.2 Å². The molecular formula is C11H10BrNO3. The molecule has 1 N–H and O–H groups in total. The van der Waals surface area contributed by atoms with Gasteiger partial charge in [0, 0.05) is 10.0 Å². The Labute approximate surface area is 101 Å². The number of halogens is 1. The quantitative estimate of drug-likeness (QED) is 0.805. The third kappa shape index (κ3) is 1.72. The minimum absolute atomic E-state index is 0.405. The molecule has 0 amide bonds. The second-order valence-corrected chi connectivity index (χ2v) is 4.13. The van der Waals surface area contributed by atoms with E-state index < -0.39 is 5.97 Å². The Kier molecular flexibility index (Phi) is 2.98. The first-order valence-corrected chi connectivity index (χ1v) is 5.48. The molecule has 0 fully saturated rings. The zero-order valence-electron chi connectivity index (χ0n) is 8.61. The first-order chi connectivity index (χ1) is 7.65. The lowest BCUT2D eigenvalue weighted by molar-refractivity contribution is 0.0599. The lowest BCUT2D eigenvalue weighted by Crippen LogP contribution is -2.21. The molecule has 0 spiro atoms. The van der Waals surface area contributed by atoms with Crippen molar-refractivity contribution in [3.05, 3.63) is 33.8 Å². The van der Waals surface area contributed by atoms with Crippen molar-refractivity contribution in [2.45, 2.75) is 0 Å². The van der Waals surface area contributed by atoms with Crippen LogP contribution < -0.4 is 5.06 Å². The van der Waals surface area contributed by atoms with Crippen LogP contribution >= 0.6 is 15.9 Å². The van der Waals surface area contributed by atoms with Gasteiger partial charge in [-0.25, -0.2) is 4.79 Å². The summed E-state index contributed by atoms with van der Waals surface area (Å²) < 4.78 is 5.30. The molecule has 0 bridgehead atoms. The summed E-state index contributed by atoms with van der Waals surface area (Å²) in [5.74, 6) is -0.405.